The molecule has 4 aromatic rings. The van der Waals surface area contributed by atoms with Crippen LogP contribution in [-0.2, 0) is 0 Å². The van der Waals surface area contributed by atoms with Crippen molar-refractivity contribution < 1.29 is 18.9 Å². The molecule has 10 heteroatoms. The molecule has 0 radical (unpaired) electrons. The van der Waals surface area contributed by atoms with Gasteiger partial charge in [0.1, 0.15) is 5.52 Å². The molecule has 0 aliphatic heterocycles. The Kier molecular flexibility index (Phi) is 7.25. The van der Waals surface area contributed by atoms with Gasteiger partial charge in [-0.3, -0.25) is 20.2 Å². The number of nitro benzene ring substituents is 1. The fourth-order valence-corrected chi connectivity index (χ4v) is 3.83. The van der Waals surface area contributed by atoms with Gasteiger partial charge in [0.25, 0.3) is 5.91 Å². The molecule has 1 atom stereocenters. The standard InChI is InChI=1S/C26H24N4O5S/c1-4-15(2)17-7-11-22-20(13-17)28-25(35-22)16-5-9-19(10-6-16)27-26(36)29-24(31)18-8-12-23(34-3)21(14-18)30(32)33/h5-15H,4H2,1-3H3,(H2,27,29,31,36). The molecule has 2 N–H and O–H groups in total. The number of nitrogens with one attached hydrogen (secondary N) is 2. The Hall–Kier alpha value is -4.31. The first-order chi connectivity index (χ1) is 17.3. The number of anilines is 1. The lowest BCUT2D eigenvalue weighted by Gasteiger charge is -2.10. The Bertz CT molecular complexity index is 1450. The topological polar surface area (TPSA) is 120 Å². The van der Waals surface area contributed by atoms with Gasteiger partial charge in [-0.1, -0.05) is 19.9 Å². The summed E-state index contributed by atoms with van der Waals surface area (Å²) >= 11 is 5.23. The van der Waals surface area contributed by atoms with Crippen molar-refractivity contribution in [3.05, 3.63) is 81.9 Å². The van der Waals surface area contributed by atoms with Crippen LogP contribution in [0, 0.1) is 10.1 Å². The van der Waals surface area contributed by atoms with Gasteiger partial charge in [-0.15, -0.1) is 0 Å². The molecule has 36 heavy (non-hydrogen) atoms. The van der Waals surface area contributed by atoms with Gasteiger partial charge < -0.3 is 14.5 Å². The number of nitrogens with zero attached hydrogens (tertiary/aromatic N) is 2. The molecule has 1 heterocycles. The number of carbonyl (C=O) groups excluding carboxylic acids is 1. The number of oxazole rings is 1. The number of amides is 1. The zero-order valence-corrected chi connectivity index (χ0v) is 20.7. The number of ether oxygens (including phenoxy) is 1. The Balaban J connectivity index is 1.43. The van der Waals surface area contributed by atoms with E-state index in [1.54, 1.807) is 12.1 Å². The van der Waals surface area contributed by atoms with Crippen molar-refractivity contribution in [1.82, 2.24) is 10.3 Å². The molecule has 0 aliphatic rings. The van der Waals surface area contributed by atoms with E-state index in [0.717, 1.165) is 29.2 Å². The molecule has 0 saturated heterocycles. The molecule has 0 aliphatic carbocycles. The average molecular weight is 505 g/mol. The first-order valence-electron chi connectivity index (χ1n) is 11.2. The minimum Gasteiger partial charge on any atom is -0.490 e. The summed E-state index contributed by atoms with van der Waals surface area (Å²) in [5.74, 6) is 0.434. The van der Waals surface area contributed by atoms with Crippen molar-refractivity contribution in [2.45, 2.75) is 26.2 Å². The summed E-state index contributed by atoms with van der Waals surface area (Å²) < 4.78 is 10.9. The number of thiocarbonyl (C=S) groups is 1. The summed E-state index contributed by atoms with van der Waals surface area (Å²) in [5, 5.41) is 16.7. The van der Waals surface area contributed by atoms with Gasteiger partial charge in [-0.05, 0) is 78.7 Å². The predicted octanol–water partition coefficient (Wildman–Crippen LogP) is 6.05. The van der Waals surface area contributed by atoms with Crippen molar-refractivity contribution in [3.8, 4) is 17.2 Å². The molecule has 1 aromatic heterocycles. The number of hydrogen-bond acceptors (Lipinski definition) is 7. The van der Waals surface area contributed by atoms with Gasteiger partial charge >= 0.3 is 5.69 Å². The van der Waals surface area contributed by atoms with E-state index in [-0.39, 0.29) is 22.1 Å². The van der Waals surface area contributed by atoms with Crippen LogP contribution in [0.5, 0.6) is 5.75 Å². The normalized spacial score (nSPS) is 11.6. The van der Waals surface area contributed by atoms with E-state index in [4.69, 9.17) is 21.4 Å². The largest absolute Gasteiger partial charge is 0.490 e. The fraction of sp³-hybridized carbons (Fsp3) is 0.192. The number of nitro groups is 1. The molecular formula is C26H24N4O5S. The second-order valence-electron chi connectivity index (χ2n) is 8.18. The molecule has 3 aromatic carbocycles. The van der Waals surface area contributed by atoms with Gasteiger partial charge in [0.2, 0.25) is 5.89 Å². The van der Waals surface area contributed by atoms with Gasteiger partial charge in [0, 0.05) is 22.9 Å². The monoisotopic (exact) mass is 504 g/mol. The van der Waals surface area contributed by atoms with E-state index < -0.39 is 10.8 Å². The van der Waals surface area contributed by atoms with Crippen molar-refractivity contribution in [3.63, 3.8) is 0 Å². The van der Waals surface area contributed by atoms with Crippen LogP contribution in [0.2, 0.25) is 0 Å². The lowest BCUT2D eigenvalue weighted by molar-refractivity contribution is -0.385. The highest BCUT2D eigenvalue weighted by Gasteiger charge is 2.19. The molecule has 0 spiro atoms. The highest BCUT2D eigenvalue weighted by Crippen LogP contribution is 2.29. The van der Waals surface area contributed by atoms with Crippen LogP contribution in [-0.4, -0.2) is 28.0 Å². The number of methoxy groups -OCH3 is 1. The third-order valence-corrected chi connectivity index (χ3v) is 6.05. The van der Waals surface area contributed by atoms with E-state index in [0.29, 0.717) is 17.5 Å². The number of hydrogen-bond donors (Lipinski definition) is 2. The first-order valence-corrected chi connectivity index (χ1v) is 11.7. The Labute approximate surface area is 212 Å². The van der Waals surface area contributed by atoms with Crippen LogP contribution < -0.4 is 15.4 Å². The van der Waals surface area contributed by atoms with Crippen molar-refractivity contribution in [1.29, 1.82) is 0 Å². The zero-order valence-electron chi connectivity index (χ0n) is 19.9. The lowest BCUT2D eigenvalue weighted by atomic mass is 9.98. The maximum Gasteiger partial charge on any atom is 0.311 e. The third-order valence-electron chi connectivity index (χ3n) is 5.85. The highest BCUT2D eigenvalue weighted by atomic mass is 32.1. The molecule has 0 fully saturated rings. The minimum atomic E-state index is -0.616. The molecule has 0 bridgehead atoms. The molecule has 9 nitrogen and oxygen atoms in total. The van der Waals surface area contributed by atoms with E-state index in [1.165, 1.54) is 24.8 Å². The number of fused-ring (bicyclic) bond motifs is 1. The van der Waals surface area contributed by atoms with E-state index >= 15 is 0 Å². The summed E-state index contributed by atoms with van der Waals surface area (Å²) in [5.41, 5.74) is 3.96. The SMILES string of the molecule is CCC(C)c1ccc2oc(-c3ccc(NC(=S)NC(=O)c4ccc(OC)c([N+](=O)[O-])c4)cc3)nc2c1. The fourth-order valence-electron chi connectivity index (χ4n) is 3.62. The van der Waals surface area contributed by atoms with Crippen LogP contribution >= 0.6 is 12.2 Å². The van der Waals surface area contributed by atoms with Crippen LogP contribution in [0.25, 0.3) is 22.6 Å². The van der Waals surface area contributed by atoms with Crippen LogP contribution in [0.15, 0.2) is 65.1 Å². The highest BCUT2D eigenvalue weighted by molar-refractivity contribution is 7.80. The van der Waals surface area contributed by atoms with Crippen molar-refractivity contribution in [2.75, 3.05) is 12.4 Å². The molecule has 1 amide bonds. The van der Waals surface area contributed by atoms with Gasteiger partial charge in [-0.2, -0.15) is 0 Å². The number of carbonyl (C=O) groups is 1. The summed E-state index contributed by atoms with van der Waals surface area (Å²) in [6, 6.07) is 17.2. The Morgan fingerprint density at radius 2 is 1.92 bits per heavy atom. The maximum atomic E-state index is 12.5. The van der Waals surface area contributed by atoms with Gasteiger partial charge in [0.05, 0.1) is 12.0 Å². The van der Waals surface area contributed by atoms with E-state index in [1.807, 2.05) is 18.2 Å². The summed E-state index contributed by atoms with van der Waals surface area (Å²) in [6.45, 7) is 4.34. The zero-order chi connectivity index (χ0) is 25.8. The lowest BCUT2D eigenvalue weighted by Crippen LogP contribution is -2.34. The maximum absolute atomic E-state index is 12.5. The smallest absolute Gasteiger partial charge is 0.311 e. The van der Waals surface area contributed by atoms with Crippen molar-refractivity contribution >= 4 is 45.7 Å². The van der Waals surface area contributed by atoms with Crippen LogP contribution in [0.1, 0.15) is 42.1 Å². The van der Waals surface area contributed by atoms with Crippen LogP contribution in [0.3, 0.4) is 0 Å². The molecule has 184 valence electrons. The molecular weight excluding hydrogens is 480 g/mol. The molecule has 0 saturated carbocycles. The Morgan fingerprint density at radius 1 is 1.17 bits per heavy atom. The Morgan fingerprint density at radius 3 is 2.58 bits per heavy atom. The van der Waals surface area contributed by atoms with Gasteiger partial charge in [0.15, 0.2) is 16.4 Å². The minimum absolute atomic E-state index is 0.0469. The van der Waals surface area contributed by atoms with Gasteiger partial charge in [-0.25, -0.2) is 4.98 Å². The number of benzene rings is 3. The summed E-state index contributed by atoms with van der Waals surface area (Å²) in [7, 11) is 1.32. The van der Waals surface area contributed by atoms with Crippen LogP contribution in [0.4, 0.5) is 11.4 Å². The van der Waals surface area contributed by atoms with E-state index in [2.05, 4.69) is 41.6 Å². The number of rotatable bonds is 7. The quantitative estimate of drug-likeness (QED) is 0.177. The average Bonchev–Trinajstić information content (AvgIpc) is 3.31. The second kappa shape index (κ2) is 10.5. The van der Waals surface area contributed by atoms with Crippen molar-refractivity contribution in [2.24, 2.45) is 0 Å². The second-order valence-corrected chi connectivity index (χ2v) is 8.59. The predicted molar refractivity (Wildman–Crippen MR) is 141 cm³/mol. The number of aromatic nitrogens is 1. The summed E-state index contributed by atoms with van der Waals surface area (Å²) in [4.78, 5) is 27.7. The first kappa shape index (κ1) is 24.8. The van der Waals surface area contributed by atoms with E-state index in [9.17, 15) is 14.9 Å². The summed E-state index contributed by atoms with van der Waals surface area (Å²) in [6.07, 6.45) is 1.05. The molecule has 4 rings (SSSR count). The molecule has 1 unspecified atom stereocenters. The third kappa shape index (κ3) is 5.33.